The molecule has 0 spiro atoms. The first-order valence-electron chi connectivity index (χ1n) is 5.57. The standard InChI is InChI=1S/C11H20N4OS/c1-11(2,3)10-13-8(15-12)7-9(14-10)17-6-4-5-16/h7,16H,4-6,12H2,1-3H3,(H,13,14,15). The smallest absolute Gasteiger partial charge is 0.144 e. The molecule has 0 saturated carbocycles. The summed E-state index contributed by atoms with van der Waals surface area (Å²) in [5, 5.41) is 9.63. The molecule has 1 heterocycles. The summed E-state index contributed by atoms with van der Waals surface area (Å²) in [4.78, 5) is 8.84. The molecule has 0 atom stereocenters. The Labute approximate surface area is 106 Å². The summed E-state index contributed by atoms with van der Waals surface area (Å²) >= 11 is 1.60. The number of nitrogens with one attached hydrogen (secondary N) is 1. The highest BCUT2D eigenvalue weighted by molar-refractivity contribution is 7.99. The van der Waals surface area contributed by atoms with Crippen molar-refractivity contribution in [3.63, 3.8) is 0 Å². The number of aliphatic hydroxyl groups excluding tert-OH is 1. The van der Waals surface area contributed by atoms with Gasteiger partial charge in [0.25, 0.3) is 0 Å². The van der Waals surface area contributed by atoms with Gasteiger partial charge in [0.05, 0.1) is 0 Å². The second kappa shape index (κ2) is 6.18. The quantitative estimate of drug-likeness (QED) is 0.244. The topological polar surface area (TPSA) is 84.1 Å². The van der Waals surface area contributed by atoms with E-state index >= 15 is 0 Å². The van der Waals surface area contributed by atoms with Crippen LogP contribution >= 0.6 is 11.8 Å². The summed E-state index contributed by atoms with van der Waals surface area (Å²) in [6.07, 6.45) is 0.755. The summed E-state index contributed by atoms with van der Waals surface area (Å²) < 4.78 is 0. The number of anilines is 1. The van der Waals surface area contributed by atoms with Crippen molar-refractivity contribution in [1.82, 2.24) is 9.97 Å². The van der Waals surface area contributed by atoms with Crippen molar-refractivity contribution < 1.29 is 5.11 Å². The van der Waals surface area contributed by atoms with Crippen molar-refractivity contribution in [3.05, 3.63) is 11.9 Å². The van der Waals surface area contributed by atoms with Crippen molar-refractivity contribution in [2.75, 3.05) is 17.8 Å². The summed E-state index contributed by atoms with van der Waals surface area (Å²) in [6.45, 7) is 6.38. The van der Waals surface area contributed by atoms with Gasteiger partial charge in [-0.05, 0) is 6.42 Å². The zero-order valence-electron chi connectivity index (χ0n) is 10.5. The molecule has 0 unspecified atom stereocenters. The molecule has 0 aliphatic carbocycles. The third kappa shape index (κ3) is 4.49. The van der Waals surface area contributed by atoms with Gasteiger partial charge in [-0.1, -0.05) is 20.8 Å². The summed E-state index contributed by atoms with van der Waals surface area (Å²) in [6, 6.07) is 1.82. The second-order valence-electron chi connectivity index (χ2n) is 4.73. The molecule has 1 aromatic heterocycles. The Bertz CT molecular complexity index is 365. The van der Waals surface area contributed by atoms with Crippen molar-refractivity contribution in [2.45, 2.75) is 37.6 Å². The molecule has 4 N–H and O–H groups in total. The maximum absolute atomic E-state index is 8.75. The lowest BCUT2D eigenvalue weighted by atomic mass is 9.96. The molecule has 17 heavy (non-hydrogen) atoms. The fraction of sp³-hybridized carbons (Fsp3) is 0.636. The first-order chi connectivity index (χ1) is 7.97. The normalized spacial score (nSPS) is 11.6. The number of nitrogens with zero attached hydrogens (tertiary/aromatic N) is 2. The van der Waals surface area contributed by atoms with Crippen LogP contribution < -0.4 is 11.3 Å². The van der Waals surface area contributed by atoms with Gasteiger partial charge in [0.1, 0.15) is 16.7 Å². The van der Waals surface area contributed by atoms with Gasteiger partial charge in [0.2, 0.25) is 0 Å². The van der Waals surface area contributed by atoms with E-state index < -0.39 is 0 Å². The Balaban J connectivity index is 2.89. The van der Waals surface area contributed by atoms with Crippen LogP contribution in [0.5, 0.6) is 0 Å². The Kier molecular flexibility index (Phi) is 5.17. The SMILES string of the molecule is CC(C)(C)c1nc(NN)cc(SCCCO)n1. The van der Waals surface area contributed by atoms with Gasteiger partial charge in [-0.3, -0.25) is 0 Å². The van der Waals surface area contributed by atoms with Gasteiger partial charge in [0.15, 0.2) is 0 Å². The number of rotatable bonds is 5. The van der Waals surface area contributed by atoms with E-state index in [1.54, 1.807) is 11.8 Å². The van der Waals surface area contributed by atoms with Gasteiger partial charge in [-0.15, -0.1) is 11.8 Å². The van der Waals surface area contributed by atoms with Crippen LogP contribution in [0.25, 0.3) is 0 Å². The molecule has 0 saturated heterocycles. The number of hydrogen-bond donors (Lipinski definition) is 3. The Morgan fingerprint density at radius 3 is 2.65 bits per heavy atom. The van der Waals surface area contributed by atoms with E-state index in [-0.39, 0.29) is 12.0 Å². The first-order valence-corrected chi connectivity index (χ1v) is 6.56. The number of hydrogen-bond acceptors (Lipinski definition) is 6. The van der Waals surface area contributed by atoms with Crippen LogP contribution in [-0.4, -0.2) is 27.4 Å². The van der Waals surface area contributed by atoms with Gasteiger partial charge >= 0.3 is 0 Å². The largest absolute Gasteiger partial charge is 0.396 e. The Morgan fingerprint density at radius 1 is 1.41 bits per heavy atom. The lowest BCUT2D eigenvalue weighted by Gasteiger charge is -2.18. The number of thioether (sulfide) groups is 1. The van der Waals surface area contributed by atoms with Crippen LogP contribution in [0, 0.1) is 0 Å². The van der Waals surface area contributed by atoms with E-state index in [2.05, 4.69) is 36.2 Å². The minimum atomic E-state index is -0.112. The molecule has 6 heteroatoms. The Hall–Kier alpha value is -0.850. The third-order valence-electron chi connectivity index (χ3n) is 2.07. The van der Waals surface area contributed by atoms with Crippen LogP contribution in [0.15, 0.2) is 11.1 Å². The van der Waals surface area contributed by atoms with E-state index in [9.17, 15) is 0 Å². The fourth-order valence-electron chi connectivity index (χ4n) is 1.15. The van der Waals surface area contributed by atoms with Gasteiger partial charge in [0, 0.05) is 23.8 Å². The molecule has 0 aliphatic heterocycles. The van der Waals surface area contributed by atoms with Crippen LogP contribution in [0.1, 0.15) is 33.0 Å². The minimum absolute atomic E-state index is 0.112. The molecule has 0 radical (unpaired) electrons. The van der Waals surface area contributed by atoms with E-state index in [1.165, 1.54) is 0 Å². The van der Waals surface area contributed by atoms with Gasteiger partial charge < -0.3 is 10.5 Å². The number of hydrazine groups is 1. The molecule has 0 amide bonds. The van der Waals surface area contributed by atoms with Crippen molar-refractivity contribution >= 4 is 17.6 Å². The third-order valence-corrected chi connectivity index (χ3v) is 3.07. The number of aromatic nitrogens is 2. The molecular formula is C11H20N4OS. The molecule has 0 aromatic carbocycles. The van der Waals surface area contributed by atoms with E-state index in [4.69, 9.17) is 10.9 Å². The highest BCUT2D eigenvalue weighted by Gasteiger charge is 2.19. The summed E-state index contributed by atoms with van der Waals surface area (Å²) in [7, 11) is 0. The average Bonchev–Trinajstić information content (AvgIpc) is 2.28. The monoisotopic (exact) mass is 256 g/mol. The predicted octanol–water partition coefficient (Wildman–Crippen LogP) is 1.53. The highest BCUT2D eigenvalue weighted by atomic mass is 32.2. The minimum Gasteiger partial charge on any atom is -0.396 e. The molecule has 1 rings (SSSR count). The lowest BCUT2D eigenvalue weighted by Crippen LogP contribution is -2.19. The molecular weight excluding hydrogens is 236 g/mol. The molecule has 5 nitrogen and oxygen atoms in total. The van der Waals surface area contributed by atoms with E-state index in [1.807, 2.05) is 6.07 Å². The van der Waals surface area contributed by atoms with Crippen LogP contribution in [-0.2, 0) is 5.41 Å². The maximum atomic E-state index is 8.75. The highest BCUT2D eigenvalue weighted by Crippen LogP contribution is 2.24. The van der Waals surface area contributed by atoms with Crippen molar-refractivity contribution in [2.24, 2.45) is 5.84 Å². The second-order valence-corrected chi connectivity index (χ2v) is 5.85. The maximum Gasteiger partial charge on any atom is 0.144 e. The van der Waals surface area contributed by atoms with Crippen LogP contribution in [0.2, 0.25) is 0 Å². The number of aliphatic hydroxyl groups is 1. The molecule has 96 valence electrons. The predicted molar refractivity (Wildman–Crippen MR) is 71.0 cm³/mol. The molecule has 0 fully saturated rings. The summed E-state index contributed by atoms with van der Waals surface area (Å²) in [5.41, 5.74) is 2.44. The molecule has 0 aliphatic rings. The van der Waals surface area contributed by atoms with Crippen LogP contribution in [0.4, 0.5) is 5.82 Å². The average molecular weight is 256 g/mol. The Morgan fingerprint density at radius 2 is 2.12 bits per heavy atom. The first kappa shape index (κ1) is 14.2. The van der Waals surface area contributed by atoms with Crippen molar-refractivity contribution in [1.29, 1.82) is 0 Å². The van der Waals surface area contributed by atoms with Crippen LogP contribution in [0.3, 0.4) is 0 Å². The zero-order valence-corrected chi connectivity index (χ0v) is 11.3. The lowest BCUT2D eigenvalue weighted by molar-refractivity contribution is 0.296. The van der Waals surface area contributed by atoms with E-state index in [0.29, 0.717) is 5.82 Å². The fourth-order valence-corrected chi connectivity index (χ4v) is 1.98. The summed E-state index contributed by atoms with van der Waals surface area (Å²) in [5.74, 6) is 7.62. The number of nitrogen functional groups attached to an aromatic ring is 1. The van der Waals surface area contributed by atoms with Gasteiger partial charge in [-0.25, -0.2) is 15.8 Å². The van der Waals surface area contributed by atoms with Gasteiger partial charge in [-0.2, -0.15) is 0 Å². The van der Waals surface area contributed by atoms with E-state index in [0.717, 1.165) is 23.0 Å². The molecule has 1 aromatic rings. The zero-order chi connectivity index (χ0) is 12.9. The van der Waals surface area contributed by atoms with Crippen molar-refractivity contribution in [3.8, 4) is 0 Å². The number of nitrogens with two attached hydrogens (primary N) is 1. The molecule has 0 bridgehead atoms.